The molecule has 6 N–H and O–H groups in total. The highest BCUT2D eigenvalue weighted by Gasteiger charge is 2.47. The van der Waals surface area contributed by atoms with Crippen LogP contribution in [0.5, 0.6) is 0 Å². The third-order valence-electron chi connectivity index (χ3n) is 5.04. The number of nitrogens with one attached hydrogen (secondary N) is 1. The number of anilines is 1. The molecule has 1 aliphatic rings. The predicted molar refractivity (Wildman–Crippen MR) is 104 cm³/mol. The van der Waals surface area contributed by atoms with Crippen LogP contribution in [0.25, 0.3) is 23.3 Å². The Bertz CT molecular complexity index is 1120. The van der Waals surface area contributed by atoms with Crippen LogP contribution in [0.2, 0.25) is 0 Å². The molecule has 0 saturated carbocycles. The summed E-state index contributed by atoms with van der Waals surface area (Å²) in [6.45, 7) is -0.467. The number of nitrogens with zero attached hydrogens (tertiary/aromatic N) is 3. The van der Waals surface area contributed by atoms with E-state index in [4.69, 9.17) is 10.5 Å². The van der Waals surface area contributed by atoms with Crippen LogP contribution in [0.1, 0.15) is 17.6 Å². The summed E-state index contributed by atoms with van der Waals surface area (Å²) in [5, 5.41) is 30.2. The number of hydrogen-bond acceptors (Lipinski definition) is 7. The van der Waals surface area contributed by atoms with Gasteiger partial charge in [0, 0.05) is 6.08 Å². The van der Waals surface area contributed by atoms with Gasteiger partial charge in [0.15, 0.2) is 0 Å². The number of H-pyrrole nitrogens is 1. The quantitative estimate of drug-likeness (QED) is 0.349. The molecule has 1 aliphatic heterocycles. The van der Waals surface area contributed by atoms with Crippen molar-refractivity contribution in [2.24, 2.45) is 7.05 Å². The fourth-order valence-electron chi connectivity index (χ4n) is 3.60. The molecule has 10 heteroatoms. The van der Waals surface area contributed by atoms with E-state index in [1.165, 1.54) is 4.57 Å². The lowest BCUT2D eigenvalue weighted by Crippen LogP contribution is -2.48. The van der Waals surface area contributed by atoms with Crippen molar-refractivity contribution in [2.45, 2.75) is 24.5 Å². The number of nitrogens with two attached hydrogens (primary N) is 1. The maximum Gasteiger partial charge on any atom is 0.314 e. The lowest BCUT2D eigenvalue weighted by Gasteiger charge is -2.14. The summed E-state index contributed by atoms with van der Waals surface area (Å²) >= 11 is 0. The first kappa shape index (κ1) is 19.3. The number of benzene rings is 1. The van der Waals surface area contributed by atoms with Crippen molar-refractivity contribution in [3.05, 3.63) is 52.1 Å². The van der Waals surface area contributed by atoms with E-state index in [0.29, 0.717) is 5.82 Å². The van der Waals surface area contributed by atoms with Crippen LogP contribution in [0.3, 0.4) is 0 Å². The zero-order valence-electron chi connectivity index (χ0n) is 15.6. The van der Waals surface area contributed by atoms with Crippen molar-refractivity contribution in [2.75, 3.05) is 12.3 Å². The topological polar surface area (TPSA) is 150 Å². The van der Waals surface area contributed by atoms with Crippen molar-refractivity contribution in [3.8, 4) is 0 Å². The van der Waals surface area contributed by atoms with Crippen LogP contribution >= 0.6 is 0 Å². The summed E-state index contributed by atoms with van der Waals surface area (Å²) in [4.78, 5) is 19.2. The Balaban J connectivity index is 1.94. The monoisotopic (exact) mass is 400 g/mol. The second kappa shape index (κ2) is 7.41. The SMILES string of the molecule is Cn1c(/C=C/c2ccccc2)[n+]([C@@H]2O[C@H](CO)[C@@H](O)[C@H]2O)c2nc(N)[nH]c(=O)c21. The number of aromatic amines is 1. The molecular formula is C19H22N5O5+. The fourth-order valence-corrected chi connectivity index (χ4v) is 3.60. The van der Waals surface area contributed by atoms with E-state index in [1.54, 1.807) is 17.7 Å². The number of aryl methyl sites for hydroxylation is 1. The van der Waals surface area contributed by atoms with E-state index >= 15 is 0 Å². The first-order valence-corrected chi connectivity index (χ1v) is 9.07. The minimum absolute atomic E-state index is 0.0906. The Morgan fingerprint density at radius 2 is 2.00 bits per heavy atom. The molecule has 4 rings (SSSR count). The van der Waals surface area contributed by atoms with Crippen molar-refractivity contribution in [1.29, 1.82) is 0 Å². The summed E-state index contributed by atoms with van der Waals surface area (Å²) in [6, 6.07) is 9.53. The molecule has 1 aromatic carbocycles. The van der Waals surface area contributed by atoms with Gasteiger partial charge in [-0.25, -0.2) is 0 Å². The average molecular weight is 400 g/mol. The van der Waals surface area contributed by atoms with E-state index in [9.17, 15) is 20.1 Å². The molecule has 152 valence electrons. The van der Waals surface area contributed by atoms with Crippen LogP contribution in [-0.2, 0) is 11.8 Å². The molecule has 0 unspecified atom stereocenters. The lowest BCUT2D eigenvalue weighted by molar-refractivity contribution is -0.747. The van der Waals surface area contributed by atoms with Crippen LogP contribution in [0.15, 0.2) is 35.1 Å². The van der Waals surface area contributed by atoms with Crippen LogP contribution in [0, 0.1) is 0 Å². The number of aromatic nitrogens is 4. The van der Waals surface area contributed by atoms with Gasteiger partial charge >= 0.3 is 5.65 Å². The first-order chi connectivity index (χ1) is 13.9. The Kier molecular flexibility index (Phi) is 4.92. The molecule has 0 spiro atoms. The summed E-state index contributed by atoms with van der Waals surface area (Å²) in [6.07, 6.45) is -1.09. The van der Waals surface area contributed by atoms with Gasteiger partial charge in [-0.1, -0.05) is 35.3 Å². The number of aliphatic hydroxyl groups excluding tert-OH is 3. The molecular weight excluding hydrogens is 378 g/mol. The minimum Gasteiger partial charge on any atom is -0.394 e. The second-order valence-electron chi connectivity index (χ2n) is 6.88. The molecule has 0 amide bonds. The van der Waals surface area contributed by atoms with Gasteiger partial charge in [0.25, 0.3) is 11.5 Å². The Morgan fingerprint density at radius 3 is 2.66 bits per heavy atom. The third-order valence-corrected chi connectivity index (χ3v) is 5.04. The average Bonchev–Trinajstić information content (AvgIpc) is 3.14. The summed E-state index contributed by atoms with van der Waals surface area (Å²) in [5.41, 5.74) is 6.62. The van der Waals surface area contributed by atoms with Crippen molar-refractivity contribution in [3.63, 3.8) is 0 Å². The summed E-state index contributed by atoms with van der Waals surface area (Å²) in [5.74, 6) is 0.398. The molecule has 3 aromatic rings. The van der Waals surface area contributed by atoms with Crippen molar-refractivity contribution in [1.82, 2.24) is 14.5 Å². The maximum absolute atomic E-state index is 12.5. The zero-order chi connectivity index (χ0) is 20.7. The molecule has 4 atom stereocenters. The Labute approximate surface area is 165 Å². The maximum atomic E-state index is 12.5. The highest BCUT2D eigenvalue weighted by atomic mass is 16.6. The molecule has 0 radical (unpaired) electrons. The van der Waals surface area contributed by atoms with Gasteiger partial charge in [0.05, 0.1) is 13.7 Å². The predicted octanol–water partition coefficient (Wildman–Crippen LogP) is -1.09. The summed E-state index contributed by atoms with van der Waals surface area (Å²) in [7, 11) is 1.68. The smallest absolute Gasteiger partial charge is 0.314 e. The number of nitrogen functional groups attached to an aromatic ring is 1. The van der Waals surface area contributed by atoms with Gasteiger partial charge < -0.3 is 25.8 Å². The van der Waals surface area contributed by atoms with E-state index in [0.717, 1.165) is 5.56 Å². The molecule has 1 saturated heterocycles. The number of aliphatic hydroxyl groups is 3. The molecule has 1 fully saturated rings. The third kappa shape index (κ3) is 3.21. The number of fused-ring (bicyclic) bond motifs is 1. The van der Waals surface area contributed by atoms with Crippen molar-refractivity contribution < 1.29 is 24.6 Å². The second-order valence-corrected chi connectivity index (χ2v) is 6.88. The Morgan fingerprint density at radius 1 is 1.28 bits per heavy atom. The van der Waals surface area contributed by atoms with Gasteiger partial charge in [-0.3, -0.25) is 14.3 Å². The highest BCUT2D eigenvalue weighted by molar-refractivity contribution is 5.73. The van der Waals surface area contributed by atoms with Crippen LogP contribution in [-0.4, -0.2) is 54.8 Å². The van der Waals surface area contributed by atoms with Gasteiger partial charge in [-0.2, -0.15) is 4.57 Å². The highest BCUT2D eigenvalue weighted by Crippen LogP contribution is 2.27. The normalized spacial score (nSPS) is 24.7. The van der Waals surface area contributed by atoms with E-state index in [-0.39, 0.29) is 17.1 Å². The molecule has 29 heavy (non-hydrogen) atoms. The van der Waals surface area contributed by atoms with Gasteiger partial charge in [0.1, 0.15) is 18.3 Å². The summed E-state index contributed by atoms with van der Waals surface area (Å²) < 4.78 is 8.80. The van der Waals surface area contributed by atoms with E-state index < -0.39 is 36.7 Å². The van der Waals surface area contributed by atoms with Crippen molar-refractivity contribution >= 4 is 29.3 Å². The molecule has 3 heterocycles. The van der Waals surface area contributed by atoms with Gasteiger partial charge in [-0.15, -0.1) is 0 Å². The molecule has 0 aliphatic carbocycles. The molecule has 10 nitrogen and oxygen atoms in total. The standard InChI is InChI=1S/C19H21N5O5/c1-23-12(8-7-10-5-3-2-4-6-10)24(16-13(23)17(28)22-19(20)21-16)18-15(27)14(26)11(9-25)29-18/h2-8,11,14-15,18,25-27H,9H2,1H3,(H2-,20,21,22,28)/p+1/b8-7+/t11-,14-,15-,18-/m1/s1. The zero-order valence-corrected chi connectivity index (χ0v) is 15.6. The number of imidazole rings is 1. The van der Waals surface area contributed by atoms with Gasteiger partial charge in [0.2, 0.25) is 17.6 Å². The van der Waals surface area contributed by atoms with Crippen LogP contribution < -0.4 is 15.9 Å². The number of ether oxygens (including phenoxy) is 1. The van der Waals surface area contributed by atoms with Gasteiger partial charge in [-0.05, 0) is 11.6 Å². The molecule has 2 aromatic heterocycles. The number of rotatable bonds is 4. The van der Waals surface area contributed by atoms with E-state index in [1.807, 2.05) is 36.4 Å². The lowest BCUT2D eigenvalue weighted by atomic mass is 10.1. The Hall–Kier alpha value is -3.05. The fraction of sp³-hybridized carbons (Fsp3) is 0.316. The number of hydrogen-bond donors (Lipinski definition) is 5. The largest absolute Gasteiger partial charge is 0.394 e. The first-order valence-electron chi connectivity index (χ1n) is 9.07. The van der Waals surface area contributed by atoms with E-state index in [2.05, 4.69) is 9.97 Å². The molecule has 0 bridgehead atoms. The van der Waals surface area contributed by atoms with Crippen LogP contribution in [0.4, 0.5) is 5.95 Å². The minimum atomic E-state index is -1.34.